The summed E-state index contributed by atoms with van der Waals surface area (Å²) in [6.07, 6.45) is -0.810. The number of ketones is 2. The molecular weight excluding hydrogens is 402 g/mol. The summed E-state index contributed by atoms with van der Waals surface area (Å²) >= 11 is 0. The van der Waals surface area contributed by atoms with Crippen molar-refractivity contribution in [3.63, 3.8) is 0 Å². The summed E-state index contributed by atoms with van der Waals surface area (Å²) in [6, 6.07) is 17.1. The number of rotatable bonds is 12. The molecule has 0 aliphatic heterocycles. The van der Waals surface area contributed by atoms with Gasteiger partial charge in [-0.3, -0.25) is 19.7 Å². The van der Waals surface area contributed by atoms with Crippen molar-refractivity contribution < 1.29 is 33.8 Å². The van der Waals surface area contributed by atoms with Gasteiger partial charge in [0.25, 0.3) is 0 Å². The lowest BCUT2D eigenvalue weighted by Crippen LogP contribution is -2.53. The molecule has 0 fully saturated rings. The number of Topliss-reactive ketones (excluding diaryl/α,β-unsaturated/α-hetero) is 2. The molecule has 8 nitrogen and oxygen atoms in total. The van der Waals surface area contributed by atoms with Crippen LogP contribution in [0.2, 0.25) is 0 Å². The monoisotopic (exact) mass is 427 g/mol. The molecule has 2 aromatic rings. The Morgan fingerprint density at radius 3 is 1.71 bits per heavy atom. The number of carbonyl (C=O) groups is 4. The molecule has 164 valence electrons. The van der Waals surface area contributed by atoms with Crippen molar-refractivity contribution in [1.82, 2.24) is 5.32 Å². The molecule has 0 aliphatic carbocycles. The van der Waals surface area contributed by atoms with Gasteiger partial charge in [0.2, 0.25) is 5.72 Å². The van der Waals surface area contributed by atoms with E-state index in [1.54, 1.807) is 60.7 Å². The molecule has 0 saturated carbocycles. The van der Waals surface area contributed by atoms with Gasteiger partial charge < -0.3 is 14.6 Å². The van der Waals surface area contributed by atoms with Gasteiger partial charge in [0.05, 0.1) is 19.6 Å². The highest BCUT2D eigenvalue weighted by Crippen LogP contribution is 2.12. The maximum absolute atomic E-state index is 12.2. The number of nitrogens with one attached hydrogen (secondary N) is 1. The number of hydrogen-bond donors (Lipinski definition) is 2. The van der Waals surface area contributed by atoms with Gasteiger partial charge in [-0.15, -0.1) is 0 Å². The van der Waals surface area contributed by atoms with Gasteiger partial charge in [0.1, 0.15) is 0 Å². The van der Waals surface area contributed by atoms with Crippen molar-refractivity contribution >= 4 is 23.5 Å². The highest BCUT2D eigenvalue weighted by atomic mass is 16.6. The van der Waals surface area contributed by atoms with E-state index in [9.17, 15) is 24.3 Å². The molecule has 1 atom stereocenters. The van der Waals surface area contributed by atoms with Gasteiger partial charge in [-0.1, -0.05) is 60.7 Å². The lowest BCUT2D eigenvalue weighted by molar-refractivity contribution is -0.175. The SMILES string of the molecule is CN[C@](O)(CC(=O)OCCC(=O)c1ccccc1)C(=O)OCCC(=O)c1ccccc1. The minimum absolute atomic E-state index is 0.0280. The third kappa shape index (κ3) is 7.44. The summed E-state index contributed by atoms with van der Waals surface area (Å²) in [6.45, 7) is -0.440. The first kappa shape index (κ1) is 23.9. The molecular formula is C23H25NO7. The molecule has 0 bridgehead atoms. The van der Waals surface area contributed by atoms with E-state index in [1.165, 1.54) is 7.05 Å². The Hall–Kier alpha value is -3.36. The first-order valence-corrected chi connectivity index (χ1v) is 9.76. The minimum Gasteiger partial charge on any atom is -0.465 e. The Bertz CT molecular complexity index is 899. The summed E-state index contributed by atoms with van der Waals surface area (Å²) < 4.78 is 9.92. The van der Waals surface area contributed by atoms with E-state index in [2.05, 4.69) is 5.32 Å². The maximum Gasteiger partial charge on any atom is 0.354 e. The van der Waals surface area contributed by atoms with E-state index >= 15 is 0 Å². The number of aliphatic hydroxyl groups is 1. The van der Waals surface area contributed by atoms with Crippen LogP contribution in [0.1, 0.15) is 40.0 Å². The Morgan fingerprint density at radius 2 is 1.26 bits per heavy atom. The van der Waals surface area contributed by atoms with Crippen LogP contribution in [0.5, 0.6) is 0 Å². The van der Waals surface area contributed by atoms with Crippen LogP contribution in [-0.2, 0) is 19.1 Å². The lowest BCUT2D eigenvalue weighted by atomic mass is 10.1. The van der Waals surface area contributed by atoms with Crippen molar-refractivity contribution in [3.05, 3.63) is 71.8 Å². The number of ether oxygens (including phenoxy) is 2. The molecule has 2 aromatic carbocycles. The fraction of sp³-hybridized carbons (Fsp3) is 0.304. The van der Waals surface area contributed by atoms with Gasteiger partial charge in [-0.05, 0) is 7.05 Å². The van der Waals surface area contributed by atoms with Crippen molar-refractivity contribution in [1.29, 1.82) is 0 Å². The average molecular weight is 427 g/mol. The number of esters is 2. The van der Waals surface area contributed by atoms with Crippen molar-refractivity contribution in [2.45, 2.75) is 25.0 Å². The van der Waals surface area contributed by atoms with Gasteiger partial charge in [0.15, 0.2) is 11.6 Å². The Kier molecular flexibility index (Phi) is 9.05. The average Bonchev–Trinajstić information content (AvgIpc) is 2.79. The van der Waals surface area contributed by atoms with Crippen LogP contribution in [0.25, 0.3) is 0 Å². The van der Waals surface area contributed by atoms with E-state index in [-0.39, 0.29) is 37.6 Å². The molecule has 0 unspecified atom stereocenters. The van der Waals surface area contributed by atoms with Crippen LogP contribution < -0.4 is 5.32 Å². The number of hydrogen-bond acceptors (Lipinski definition) is 8. The molecule has 0 aliphatic rings. The van der Waals surface area contributed by atoms with Gasteiger partial charge in [0, 0.05) is 24.0 Å². The van der Waals surface area contributed by atoms with Gasteiger partial charge in [-0.2, -0.15) is 0 Å². The second-order valence-electron chi connectivity index (χ2n) is 6.72. The summed E-state index contributed by atoms with van der Waals surface area (Å²) in [4.78, 5) is 48.2. The van der Waals surface area contributed by atoms with Gasteiger partial charge in [-0.25, -0.2) is 4.79 Å². The van der Waals surface area contributed by atoms with Gasteiger partial charge >= 0.3 is 11.9 Å². The lowest BCUT2D eigenvalue weighted by Gasteiger charge is -2.24. The number of carbonyl (C=O) groups excluding carboxylic acids is 4. The van der Waals surface area contributed by atoms with E-state index in [0.717, 1.165) is 0 Å². The Labute approximate surface area is 180 Å². The predicted octanol–water partition coefficient (Wildman–Crippen LogP) is 1.92. The van der Waals surface area contributed by atoms with E-state index in [1.807, 2.05) is 0 Å². The zero-order valence-corrected chi connectivity index (χ0v) is 17.2. The second kappa shape index (κ2) is 11.7. The van der Waals surface area contributed by atoms with Crippen LogP contribution in [0, 0.1) is 0 Å². The van der Waals surface area contributed by atoms with Crippen LogP contribution in [0.4, 0.5) is 0 Å². The molecule has 0 heterocycles. The standard InChI is InChI=1S/C23H25NO7/c1-24-23(29,22(28)31-15-13-20(26)18-10-6-3-7-11-18)16-21(27)30-14-12-19(25)17-8-4-2-5-9-17/h2-11,24,29H,12-16H2,1H3/t23-/m0/s1. The molecule has 31 heavy (non-hydrogen) atoms. The topological polar surface area (TPSA) is 119 Å². The zero-order chi connectivity index (χ0) is 22.7. The first-order chi connectivity index (χ1) is 14.9. The van der Waals surface area contributed by atoms with Crippen LogP contribution in [0.15, 0.2) is 60.7 Å². The van der Waals surface area contributed by atoms with Crippen molar-refractivity contribution in [2.75, 3.05) is 20.3 Å². The molecule has 0 aromatic heterocycles. The molecule has 0 spiro atoms. The quantitative estimate of drug-likeness (QED) is 0.300. The van der Waals surface area contributed by atoms with Crippen LogP contribution >= 0.6 is 0 Å². The number of benzene rings is 2. The fourth-order valence-electron chi connectivity index (χ4n) is 2.67. The summed E-state index contributed by atoms with van der Waals surface area (Å²) in [5.74, 6) is -2.40. The second-order valence-corrected chi connectivity index (χ2v) is 6.72. The smallest absolute Gasteiger partial charge is 0.354 e. The van der Waals surface area contributed by atoms with E-state index in [4.69, 9.17) is 9.47 Å². The highest BCUT2D eigenvalue weighted by Gasteiger charge is 2.39. The van der Waals surface area contributed by atoms with Crippen molar-refractivity contribution in [3.8, 4) is 0 Å². The molecule has 0 radical (unpaired) electrons. The molecule has 2 rings (SSSR count). The predicted molar refractivity (Wildman–Crippen MR) is 111 cm³/mol. The van der Waals surface area contributed by atoms with Crippen LogP contribution in [0.3, 0.4) is 0 Å². The highest BCUT2D eigenvalue weighted by molar-refractivity contribution is 5.96. The van der Waals surface area contributed by atoms with Crippen molar-refractivity contribution in [2.24, 2.45) is 0 Å². The largest absolute Gasteiger partial charge is 0.465 e. The normalized spacial score (nSPS) is 12.5. The van der Waals surface area contributed by atoms with E-state index in [0.29, 0.717) is 11.1 Å². The Balaban J connectivity index is 1.76. The van der Waals surface area contributed by atoms with E-state index < -0.39 is 24.1 Å². The molecule has 0 amide bonds. The molecule has 8 heteroatoms. The first-order valence-electron chi connectivity index (χ1n) is 9.76. The minimum atomic E-state index is -2.31. The summed E-state index contributed by atoms with van der Waals surface area (Å²) in [5, 5.41) is 12.7. The number of likely N-dealkylation sites (N-methyl/N-ethyl adjacent to an activating group) is 1. The summed E-state index contributed by atoms with van der Waals surface area (Å²) in [5.41, 5.74) is -1.33. The molecule has 0 saturated heterocycles. The fourth-order valence-corrected chi connectivity index (χ4v) is 2.67. The summed E-state index contributed by atoms with van der Waals surface area (Å²) in [7, 11) is 1.28. The Morgan fingerprint density at radius 1 is 0.806 bits per heavy atom. The molecule has 2 N–H and O–H groups in total. The third-order valence-electron chi connectivity index (χ3n) is 4.50. The van der Waals surface area contributed by atoms with Crippen LogP contribution in [-0.4, -0.2) is 54.6 Å². The maximum atomic E-state index is 12.2. The third-order valence-corrected chi connectivity index (χ3v) is 4.50. The zero-order valence-electron chi connectivity index (χ0n) is 17.2.